The van der Waals surface area contributed by atoms with Crippen LogP contribution in [0.1, 0.15) is 2.85 Å². The summed E-state index contributed by atoms with van der Waals surface area (Å²) in [5.41, 5.74) is 0. The molecule has 4 heavy (non-hydrogen) atoms. The van der Waals surface area contributed by atoms with Gasteiger partial charge in [0, 0.05) is 110 Å². The van der Waals surface area contributed by atoms with Crippen LogP contribution in [0.25, 0.3) is 0 Å². The van der Waals surface area contributed by atoms with Crippen molar-refractivity contribution in [2.45, 2.75) is 0 Å². The Hall–Kier alpha value is 4.44. The third-order valence-corrected chi connectivity index (χ3v) is 0. The van der Waals surface area contributed by atoms with E-state index in [0.717, 1.165) is 0 Å². The Bertz CT molecular complexity index is 13.5. The fourth-order valence-electron chi connectivity index (χ4n) is 0. The second-order valence-corrected chi connectivity index (χ2v) is 0. The van der Waals surface area contributed by atoms with Gasteiger partial charge in [-0.25, -0.2) is 0 Å². The van der Waals surface area contributed by atoms with Crippen LogP contribution >= 0.6 is 0 Å². The maximum Gasteiger partial charge on any atom is 2.00 e. The summed E-state index contributed by atoms with van der Waals surface area (Å²) in [4.78, 5) is 0. The van der Waals surface area contributed by atoms with Crippen LogP contribution in [0.15, 0.2) is 0 Å². The van der Waals surface area contributed by atoms with E-state index in [9.17, 15) is 0 Å². The molecule has 0 bridgehead atoms. The van der Waals surface area contributed by atoms with Gasteiger partial charge in [0.05, 0.1) is 0 Å². The van der Waals surface area contributed by atoms with Crippen molar-refractivity contribution in [3.05, 3.63) is 0 Å². The molecule has 0 aliphatic rings. The summed E-state index contributed by atoms with van der Waals surface area (Å²) in [6.07, 6.45) is 0. The predicted octanol–water partition coefficient (Wildman–Crippen LogP) is -0.158. The first kappa shape index (κ1) is 23.7. The van der Waals surface area contributed by atoms with E-state index in [4.69, 9.17) is 0 Å². The molecule has 0 aromatic rings. The molecule has 0 unspecified atom stereocenters. The molecular weight excluding hydrogens is 392 g/mol. The van der Waals surface area contributed by atoms with Gasteiger partial charge in [-0.15, -0.1) is 0 Å². The Kier molecular flexibility index (Phi) is 92.7. The molecule has 0 spiro atoms. The van der Waals surface area contributed by atoms with Crippen molar-refractivity contribution in [1.82, 2.24) is 0 Å². The molecule has 0 N–H and O–H groups in total. The third kappa shape index (κ3) is 9.67. The Labute approximate surface area is 132 Å². The molecule has 0 saturated heterocycles. The van der Waals surface area contributed by atoms with Crippen LogP contribution in [0.4, 0.5) is 0 Å². The topological polar surface area (TPSA) is 0 Å². The van der Waals surface area contributed by atoms with Crippen LogP contribution in [-0.2, 0) is 32.7 Å². The van der Waals surface area contributed by atoms with Gasteiger partial charge < -0.3 is 2.85 Å². The van der Waals surface area contributed by atoms with Gasteiger partial charge in [-0.05, 0) is 0 Å². The zero-order valence-corrected chi connectivity index (χ0v) is 13.4. The van der Waals surface area contributed by atoms with E-state index in [1.54, 1.807) is 0 Å². The van der Waals surface area contributed by atoms with Gasteiger partial charge in [-0.2, -0.15) is 0 Å². The molecule has 0 aromatic heterocycles. The fourth-order valence-corrected chi connectivity index (χ4v) is 0. The summed E-state index contributed by atoms with van der Waals surface area (Å²) in [6, 6.07) is 0. The summed E-state index contributed by atoms with van der Waals surface area (Å²) in [5.74, 6) is 0. The summed E-state index contributed by atoms with van der Waals surface area (Å²) in [7, 11) is 0. The van der Waals surface area contributed by atoms with Crippen molar-refractivity contribution in [2.75, 3.05) is 0 Å². The first-order valence-electron chi connectivity index (χ1n) is 0. The Morgan fingerprint density at radius 3 is 1.25 bits per heavy atom. The summed E-state index contributed by atoms with van der Waals surface area (Å²) in [6.45, 7) is 0. The monoisotopic (exact) mass is 394 g/mol. The average Bonchev–Trinajstić information content (AvgIpc) is 0. The zero-order chi connectivity index (χ0) is 0. The maximum atomic E-state index is 0. The molecule has 4 heteroatoms. The average molecular weight is 394 g/mol. The molecular formula is H2CeLaMgY. The molecule has 2 radical (unpaired) electrons. The predicted molar refractivity (Wildman–Crippen MR) is 7.98 cm³/mol. The molecule has 14 valence electrons. The quantitative estimate of drug-likeness (QED) is 0.502. The first-order chi connectivity index (χ1) is 0. The van der Waals surface area contributed by atoms with Crippen LogP contribution in [0.5, 0.6) is 0 Å². The zero-order valence-electron chi connectivity index (χ0n) is 4.36. The van der Waals surface area contributed by atoms with E-state index < -0.39 is 0 Å². The van der Waals surface area contributed by atoms with Gasteiger partial charge in [0.2, 0.25) is 0 Å². The smallest absolute Gasteiger partial charge is 1.00 e. The normalized spacial score (nSPS) is 0. The molecule has 0 saturated carbocycles. The van der Waals surface area contributed by atoms with E-state index >= 15 is 0 Å². The van der Waals surface area contributed by atoms with Crippen LogP contribution < -0.4 is 0 Å². The fraction of sp³-hybridized carbons (Fsp3) is 0. The number of rotatable bonds is 0. The summed E-state index contributed by atoms with van der Waals surface area (Å²) in [5, 5.41) is 0. The van der Waals surface area contributed by atoms with Gasteiger partial charge in [0.25, 0.3) is 0 Å². The van der Waals surface area contributed by atoms with Gasteiger partial charge >= 0.3 is 23.1 Å². The van der Waals surface area contributed by atoms with Crippen LogP contribution in [0.3, 0.4) is 0 Å². The Morgan fingerprint density at radius 2 is 1.25 bits per heavy atom. The van der Waals surface area contributed by atoms with Crippen molar-refractivity contribution >= 4 is 23.1 Å². The van der Waals surface area contributed by atoms with Crippen LogP contribution in [-0.4, -0.2) is 23.1 Å². The minimum atomic E-state index is 0. The van der Waals surface area contributed by atoms with Gasteiger partial charge in [0.1, 0.15) is 0 Å². The molecule has 0 heterocycles. The van der Waals surface area contributed by atoms with Gasteiger partial charge in [0.15, 0.2) is 0 Å². The van der Waals surface area contributed by atoms with Crippen molar-refractivity contribution in [1.29, 1.82) is 0 Å². The SMILES string of the molecule is [Ce].[H-].[H-].[La].[Mg+2].[Y]. The van der Waals surface area contributed by atoms with Crippen LogP contribution in [0.2, 0.25) is 0 Å². The number of hydrogen-bond donors (Lipinski definition) is 0. The molecule has 0 amide bonds. The Morgan fingerprint density at radius 1 is 1.25 bits per heavy atom. The largest absolute Gasteiger partial charge is 2.00 e. The maximum absolute atomic E-state index is 0. The number of hydrogen-bond acceptors (Lipinski definition) is 0. The minimum absolute atomic E-state index is 0. The molecule has 0 nitrogen and oxygen atoms in total. The van der Waals surface area contributed by atoms with Gasteiger partial charge in [-0.3, -0.25) is 0 Å². The molecule has 0 fully saturated rings. The molecule has 0 aliphatic heterocycles. The second-order valence-electron chi connectivity index (χ2n) is 0. The minimum Gasteiger partial charge on any atom is -1.00 e. The molecule has 0 aromatic carbocycles. The van der Waals surface area contributed by atoms with E-state index in [-0.39, 0.29) is 136 Å². The Balaban J connectivity index is 0. The van der Waals surface area contributed by atoms with Crippen LogP contribution in [0, 0.1) is 77.3 Å². The molecule has 0 rings (SSSR count). The standard InChI is InChI=1S/Ce.La.Mg.Y.2H/q;;+2;;2*-1. The van der Waals surface area contributed by atoms with Crippen molar-refractivity contribution in [2.24, 2.45) is 0 Å². The van der Waals surface area contributed by atoms with E-state index in [0.29, 0.717) is 0 Å². The molecule has 0 aliphatic carbocycles. The summed E-state index contributed by atoms with van der Waals surface area (Å²) < 4.78 is 0. The second kappa shape index (κ2) is 15.7. The molecule has 0 atom stereocenters. The van der Waals surface area contributed by atoms with Gasteiger partial charge in [-0.1, -0.05) is 0 Å². The van der Waals surface area contributed by atoms with Crippen molar-refractivity contribution < 1.29 is 113 Å². The van der Waals surface area contributed by atoms with Crippen molar-refractivity contribution in [3.63, 3.8) is 0 Å². The van der Waals surface area contributed by atoms with E-state index in [2.05, 4.69) is 0 Å². The van der Waals surface area contributed by atoms with E-state index in [1.165, 1.54) is 0 Å². The van der Waals surface area contributed by atoms with Crippen molar-refractivity contribution in [3.8, 4) is 0 Å². The first-order valence-corrected chi connectivity index (χ1v) is 0. The third-order valence-electron chi connectivity index (χ3n) is 0. The summed E-state index contributed by atoms with van der Waals surface area (Å²) >= 11 is 0. The van der Waals surface area contributed by atoms with E-state index in [1.807, 2.05) is 0 Å².